The highest BCUT2D eigenvalue weighted by molar-refractivity contribution is 7.15. The van der Waals surface area contributed by atoms with Gasteiger partial charge < -0.3 is 31.0 Å². The molecule has 35 heavy (non-hydrogen) atoms. The highest BCUT2D eigenvalue weighted by Gasteiger charge is 2.19. The minimum atomic E-state index is -0.197. The summed E-state index contributed by atoms with van der Waals surface area (Å²) in [4.78, 5) is 4.64. The molecule has 0 aliphatic carbocycles. The van der Waals surface area contributed by atoms with Crippen molar-refractivity contribution >= 4 is 28.9 Å². The van der Waals surface area contributed by atoms with Crippen LogP contribution in [-0.4, -0.2) is 55.5 Å². The van der Waals surface area contributed by atoms with E-state index in [1.165, 1.54) is 25.9 Å². The Labute approximate surface area is 209 Å². The Bertz CT molecular complexity index is 1320. The van der Waals surface area contributed by atoms with Crippen LogP contribution in [0.3, 0.4) is 0 Å². The van der Waals surface area contributed by atoms with Crippen LogP contribution in [0, 0.1) is 0 Å². The number of aromatic nitrogens is 2. The Kier molecular flexibility index (Phi) is 6.76. The lowest BCUT2D eigenvalue weighted by Gasteiger charge is -2.34. The van der Waals surface area contributed by atoms with Crippen molar-refractivity contribution in [3.63, 3.8) is 0 Å². The zero-order valence-corrected chi connectivity index (χ0v) is 21.1. The number of hydrogen-bond acceptors (Lipinski definition) is 10. The van der Waals surface area contributed by atoms with Gasteiger partial charge in [-0.25, -0.2) is 0 Å². The van der Waals surface area contributed by atoms with E-state index in [-0.39, 0.29) is 11.9 Å². The number of thiophene rings is 1. The molecule has 2 aliphatic rings. The van der Waals surface area contributed by atoms with Gasteiger partial charge in [0.15, 0.2) is 5.82 Å². The molecule has 2 aliphatic heterocycles. The zero-order chi connectivity index (χ0) is 24.4. The molecule has 10 heteroatoms. The molecule has 4 heterocycles. The van der Waals surface area contributed by atoms with E-state index >= 15 is 0 Å². The summed E-state index contributed by atoms with van der Waals surface area (Å²) in [5.74, 6) is 1.35. The van der Waals surface area contributed by atoms with Crippen molar-refractivity contribution in [2.45, 2.75) is 19.5 Å². The van der Waals surface area contributed by atoms with E-state index < -0.39 is 0 Å². The average Bonchev–Trinajstić information content (AvgIpc) is 3.38. The summed E-state index contributed by atoms with van der Waals surface area (Å²) in [5, 5.41) is 34.2. The SMILES string of the molecule is CNCc1ccccc1-c1ccc([C@@H](C)NC2=c3cc(N4CCNCC4)nnc3=C([O-])N(C)N2)s1. The highest BCUT2D eigenvalue weighted by Crippen LogP contribution is 2.33. The molecule has 3 aromatic rings. The van der Waals surface area contributed by atoms with E-state index in [0.717, 1.165) is 49.6 Å². The lowest BCUT2D eigenvalue weighted by molar-refractivity contribution is -0.274. The fraction of sp³-hybridized carbons (Fsp3) is 0.360. The number of benzene rings is 1. The van der Waals surface area contributed by atoms with Gasteiger partial charge in [-0.15, -0.1) is 21.5 Å². The van der Waals surface area contributed by atoms with Gasteiger partial charge in [0.2, 0.25) is 0 Å². The summed E-state index contributed by atoms with van der Waals surface area (Å²) in [6, 6.07) is 14.8. The minimum absolute atomic E-state index is 0.0259. The molecule has 0 bridgehead atoms. The third kappa shape index (κ3) is 4.77. The smallest absolute Gasteiger partial charge is 0.152 e. The molecule has 0 unspecified atom stereocenters. The second-order valence-corrected chi connectivity index (χ2v) is 9.92. The Balaban J connectivity index is 1.46. The zero-order valence-electron chi connectivity index (χ0n) is 20.3. The summed E-state index contributed by atoms with van der Waals surface area (Å²) in [6.07, 6.45) is 0. The van der Waals surface area contributed by atoms with Crippen LogP contribution in [0.5, 0.6) is 0 Å². The number of rotatable bonds is 7. The molecule has 4 N–H and O–H groups in total. The van der Waals surface area contributed by atoms with Crippen molar-refractivity contribution < 1.29 is 5.11 Å². The van der Waals surface area contributed by atoms with Gasteiger partial charge in [-0.2, -0.15) is 0 Å². The first kappa shape index (κ1) is 23.4. The van der Waals surface area contributed by atoms with Crippen LogP contribution in [0.25, 0.3) is 22.1 Å². The molecule has 5 rings (SSSR count). The Morgan fingerprint density at radius 1 is 1.14 bits per heavy atom. The van der Waals surface area contributed by atoms with Gasteiger partial charge >= 0.3 is 0 Å². The number of anilines is 1. The highest BCUT2D eigenvalue weighted by atomic mass is 32.1. The fourth-order valence-corrected chi connectivity index (χ4v) is 5.52. The molecule has 1 saturated heterocycles. The van der Waals surface area contributed by atoms with Gasteiger partial charge in [0.25, 0.3) is 0 Å². The molecule has 0 spiro atoms. The van der Waals surface area contributed by atoms with Crippen molar-refractivity contribution in [2.24, 2.45) is 0 Å². The first-order valence-corrected chi connectivity index (χ1v) is 12.7. The summed E-state index contributed by atoms with van der Waals surface area (Å²) >= 11 is 1.78. The van der Waals surface area contributed by atoms with E-state index in [9.17, 15) is 5.11 Å². The van der Waals surface area contributed by atoms with Gasteiger partial charge in [-0.3, -0.25) is 5.43 Å². The first-order valence-electron chi connectivity index (χ1n) is 11.9. The van der Waals surface area contributed by atoms with Gasteiger partial charge in [0.1, 0.15) is 11.2 Å². The number of nitrogens with one attached hydrogen (secondary N) is 4. The van der Waals surface area contributed by atoms with E-state index in [4.69, 9.17) is 0 Å². The van der Waals surface area contributed by atoms with Crippen LogP contribution in [0.15, 0.2) is 42.5 Å². The maximum absolute atomic E-state index is 12.7. The summed E-state index contributed by atoms with van der Waals surface area (Å²) in [5.41, 5.74) is 5.73. The number of fused-ring (bicyclic) bond motifs is 1. The number of hydrogen-bond donors (Lipinski definition) is 4. The second-order valence-electron chi connectivity index (χ2n) is 8.81. The van der Waals surface area contributed by atoms with Crippen LogP contribution < -0.4 is 42.0 Å². The summed E-state index contributed by atoms with van der Waals surface area (Å²) in [7, 11) is 3.67. The maximum Gasteiger partial charge on any atom is 0.152 e. The van der Waals surface area contributed by atoms with Gasteiger partial charge in [0, 0.05) is 60.6 Å². The standard InChI is InChI=1S/C25H32N8OS/c1-16(20-8-9-21(35-20)18-7-5-4-6-17(18)15-26-2)28-24-19-14-22(33-12-10-27-11-13-33)29-30-23(19)25(34)32(3)31-24/h4-9,14,16,26-28,31,34H,10-13,15H2,1-3H3/p-1/t16-/m1/s1. The van der Waals surface area contributed by atoms with Crippen molar-refractivity contribution in [3.05, 3.63) is 63.5 Å². The van der Waals surface area contributed by atoms with Crippen molar-refractivity contribution in [2.75, 3.05) is 45.2 Å². The molecule has 1 fully saturated rings. The molecular formula is C25H31N8OS-. The quantitative estimate of drug-likeness (QED) is 0.352. The third-order valence-electron chi connectivity index (χ3n) is 6.34. The van der Waals surface area contributed by atoms with E-state index in [2.05, 4.69) is 79.8 Å². The minimum Gasteiger partial charge on any atom is -0.857 e. The molecule has 0 amide bonds. The second kappa shape index (κ2) is 10.1. The molecule has 9 nitrogen and oxygen atoms in total. The van der Waals surface area contributed by atoms with Crippen LogP contribution in [0.2, 0.25) is 0 Å². The molecule has 2 aromatic heterocycles. The Morgan fingerprint density at radius 2 is 1.94 bits per heavy atom. The van der Waals surface area contributed by atoms with E-state index in [1.807, 2.05) is 13.1 Å². The monoisotopic (exact) mass is 491 g/mol. The number of nitrogens with zero attached hydrogens (tertiary/aromatic N) is 4. The molecule has 0 saturated carbocycles. The van der Waals surface area contributed by atoms with Gasteiger partial charge in [-0.1, -0.05) is 24.3 Å². The first-order chi connectivity index (χ1) is 17.0. The Morgan fingerprint density at radius 3 is 2.74 bits per heavy atom. The average molecular weight is 492 g/mol. The third-order valence-corrected chi connectivity index (χ3v) is 7.64. The molecule has 0 radical (unpaired) electrons. The fourth-order valence-electron chi connectivity index (χ4n) is 4.45. The topological polar surface area (TPSA) is 103 Å². The summed E-state index contributed by atoms with van der Waals surface area (Å²) in [6.45, 7) is 6.49. The van der Waals surface area contributed by atoms with Crippen molar-refractivity contribution in [1.29, 1.82) is 0 Å². The largest absolute Gasteiger partial charge is 0.857 e. The predicted octanol–water partition coefficient (Wildman–Crippen LogP) is -0.373. The molecule has 1 aromatic carbocycles. The lowest BCUT2D eigenvalue weighted by Crippen LogP contribution is -2.56. The Hall–Kier alpha value is -3.34. The predicted molar refractivity (Wildman–Crippen MR) is 138 cm³/mol. The molecule has 184 valence electrons. The summed E-state index contributed by atoms with van der Waals surface area (Å²) < 4.78 is 0. The molecule has 1 atom stereocenters. The van der Waals surface area contributed by atoms with E-state index in [0.29, 0.717) is 5.35 Å². The van der Waals surface area contributed by atoms with Crippen LogP contribution in [0.1, 0.15) is 23.4 Å². The van der Waals surface area contributed by atoms with Crippen LogP contribution in [0.4, 0.5) is 5.82 Å². The lowest BCUT2D eigenvalue weighted by atomic mass is 10.1. The van der Waals surface area contributed by atoms with Crippen LogP contribution in [-0.2, 0) is 6.54 Å². The maximum atomic E-state index is 12.7. The van der Waals surface area contributed by atoms with Gasteiger partial charge in [-0.05, 0) is 43.3 Å². The normalized spacial score (nSPS) is 16.7. The number of piperazine rings is 1. The van der Waals surface area contributed by atoms with Gasteiger partial charge in [0.05, 0.1) is 6.04 Å². The van der Waals surface area contributed by atoms with E-state index in [1.54, 1.807) is 18.4 Å². The van der Waals surface area contributed by atoms with Crippen molar-refractivity contribution in [1.82, 2.24) is 36.6 Å². The molecular weight excluding hydrogens is 460 g/mol. The number of hydrazine groups is 1. The van der Waals surface area contributed by atoms with Crippen molar-refractivity contribution in [3.8, 4) is 10.4 Å². The van der Waals surface area contributed by atoms with Crippen LogP contribution >= 0.6 is 11.3 Å².